The van der Waals surface area contributed by atoms with Crippen LogP contribution in [0, 0.1) is 6.92 Å². The smallest absolute Gasteiger partial charge is 0.409 e. The van der Waals surface area contributed by atoms with Gasteiger partial charge in [-0.15, -0.1) is 0 Å². The molecule has 0 aromatic heterocycles. The fourth-order valence-corrected chi connectivity index (χ4v) is 3.54. The Labute approximate surface area is 135 Å². The van der Waals surface area contributed by atoms with E-state index in [1.807, 2.05) is 0 Å². The average Bonchev–Trinajstić information content (AvgIpc) is 2.51. The number of amides is 1. The third-order valence-electron chi connectivity index (χ3n) is 3.29. The number of para-hydroxylation sites is 2. The van der Waals surface area contributed by atoms with E-state index >= 15 is 0 Å². The minimum Gasteiger partial charge on any atom is -0.409 e. The molecule has 0 aliphatic rings. The second-order valence-electron chi connectivity index (χ2n) is 4.84. The third kappa shape index (κ3) is 3.45. The normalized spacial score (nSPS) is 11.0. The second kappa shape index (κ2) is 6.70. The Morgan fingerprint density at radius 3 is 2.39 bits per heavy atom. The summed E-state index contributed by atoms with van der Waals surface area (Å²) in [4.78, 5) is 12.1. The quantitative estimate of drug-likeness (QED) is 0.868. The molecule has 0 saturated heterocycles. The first-order chi connectivity index (χ1) is 10.9. The van der Waals surface area contributed by atoms with E-state index < -0.39 is 16.1 Å². The van der Waals surface area contributed by atoms with Crippen molar-refractivity contribution in [3.8, 4) is 5.75 Å². The predicted octanol–water partition coefficient (Wildman–Crippen LogP) is 2.79. The highest BCUT2D eigenvalue weighted by atomic mass is 32.2. The van der Waals surface area contributed by atoms with Crippen LogP contribution in [0.2, 0.25) is 0 Å². The van der Waals surface area contributed by atoms with E-state index in [1.165, 1.54) is 6.07 Å². The highest BCUT2D eigenvalue weighted by molar-refractivity contribution is 7.89. The van der Waals surface area contributed by atoms with Gasteiger partial charge >= 0.3 is 6.09 Å². The van der Waals surface area contributed by atoms with Gasteiger partial charge in [0.1, 0.15) is 10.6 Å². The lowest BCUT2D eigenvalue weighted by atomic mass is 10.2. The Bertz CT molecular complexity index is 804. The summed E-state index contributed by atoms with van der Waals surface area (Å²) in [5.41, 5.74) is 6.60. The van der Waals surface area contributed by atoms with E-state index in [0.717, 1.165) is 0 Å². The number of benzene rings is 2. The van der Waals surface area contributed by atoms with Crippen molar-refractivity contribution in [2.24, 2.45) is 0 Å². The minimum absolute atomic E-state index is 0.0681. The molecule has 6 nitrogen and oxygen atoms in total. The molecule has 0 fully saturated rings. The van der Waals surface area contributed by atoms with Crippen molar-refractivity contribution in [2.75, 3.05) is 12.3 Å². The number of hydrogen-bond donors (Lipinski definition) is 1. The average molecular weight is 334 g/mol. The Hall–Kier alpha value is -2.54. The van der Waals surface area contributed by atoms with Gasteiger partial charge in [-0.25, -0.2) is 17.5 Å². The maximum absolute atomic E-state index is 12.7. The molecule has 2 aromatic rings. The van der Waals surface area contributed by atoms with Gasteiger partial charge in [-0.05, 0) is 37.6 Å². The Kier molecular flexibility index (Phi) is 4.90. The van der Waals surface area contributed by atoms with Gasteiger partial charge < -0.3 is 10.5 Å². The lowest BCUT2D eigenvalue weighted by molar-refractivity contribution is 0.180. The van der Waals surface area contributed by atoms with Crippen LogP contribution in [0.4, 0.5) is 10.5 Å². The summed E-state index contributed by atoms with van der Waals surface area (Å²) in [5.74, 6) is 0.267. The van der Waals surface area contributed by atoms with Crippen LogP contribution < -0.4 is 10.5 Å². The number of carbonyl (C=O) groups is 1. The van der Waals surface area contributed by atoms with Gasteiger partial charge in [-0.3, -0.25) is 0 Å². The standard InChI is InChI=1S/C16H18N2O4S/c1-3-18(16(19)22-13-9-5-4-6-10-13)23(20,21)14-11-7-8-12(2)15(14)17/h4-11H,3,17H2,1-2H3. The predicted molar refractivity (Wildman–Crippen MR) is 87.6 cm³/mol. The van der Waals surface area contributed by atoms with E-state index in [1.54, 1.807) is 56.3 Å². The van der Waals surface area contributed by atoms with Crippen molar-refractivity contribution in [3.63, 3.8) is 0 Å². The molecule has 0 bridgehead atoms. The SMILES string of the molecule is CCN(C(=O)Oc1ccccc1)S(=O)(=O)c1cccc(C)c1N. The van der Waals surface area contributed by atoms with Crippen LogP contribution in [0.3, 0.4) is 0 Å². The monoisotopic (exact) mass is 334 g/mol. The number of rotatable bonds is 4. The Balaban J connectivity index is 2.35. The van der Waals surface area contributed by atoms with Gasteiger partial charge in [-0.1, -0.05) is 30.3 Å². The van der Waals surface area contributed by atoms with Gasteiger partial charge in [0.25, 0.3) is 10.0 Å². The number of hydrogen-bond acceptors (Lipinski definition) is 5. The fraction of sp³-hybridized carbons (Fsp3) is 0.188. The molecule has 2 N–H and O–H groups in total. The number of sulfonamides is 1. The number of nitrogens with zero attached hydrogens (tertiary/aromatic N) is 1. The molecule has 0 aliphatic heterocycles. The number of ether oxygens (including phenoxy) is 1. The molecule has 0 atom stereocenters. The molecule has 0 spiro atoms. The summed E-state index contributed by atoms with van der Waals surface area (Å²) in [5, 5.41) is 0. The Morgan fingerprint density at radius 1 is 1.13 bits per heavy atom. The van der Waals surface area contributed by atoms with Crippen LogP contribution in [0.1, 0.15) is 12.5 Å². The van der Waals surface area contributed by atoms with Crippen LogP contribution in [0.5, 0.6) is 5.75 Å². The molecule has 23 heavy (non-hydrogen) atoms. The topological polar surface area (TPSA) is 89.7 Å². The summed E-state index contributed by atoms with van der Waals surface area (Å²) in [7, 11) is -4.09. The maximum atomic E-state index is 12.7. The van der Waals surface area contributed by atoms with E-state index in [9.17, 15) is 13.2 Å². The first-order valence-corrected chi connectivity index (χ1v) is 8.46. The van der Waals surface area contributed by atoms with Crippen molar-refractivity contribution in [3.05, 3.63) is 54.1 Å². The lowest BCUT2D eigenvalue weighted by Gasteiger charge is -2.21. The van der Waals surface area contributed by atoms with Crippen molar-refractivity contribution in [1.29, 1.82) is 0 Å². The molecule has 0 unspecified atom stereocenters. The van der Waals surface area contributed by atoms with Gasteiger partial charge in [0.2, 0.25) is 0 Å². The molecule has 0 heterocycles. The zero-order valence-corrected chi connectivity index (χ0v) is 13.7. The van der Waals surface area contributed by atoms with Crippen molar-refractivity contribution < 1.29 is 17.9 Å². The number of aryl methyl sites for hydroxylation is 1. The van der Waals surface area contributed by atoms with Crippen LogP contribution in [-0.4, -0.2) is 25.4 Å². The van der Waals surface area contributed by atoms with Gasteiger partial charge in [-0.2, -0.15) is 0 Å². The van der Waals surface area contributed by atoms with Crippen molar-refractivity contribution in [1.82, 2.24) is 4.31 Å². The van der Waals surface area contributed by atoms with Gasteiger partial charge in [0.15, 0.2) is 0 Å². The first kappa shape index (κ1) is 16.8. The van der Waals surface area contributed by atoms with Crippen LogP contribution in [0.15, 0.2) is 53.4 Å². The molecular formula is C16H18N2O4S. The van der Waals surface area contributed by atoms with Crippen LogP contribution >= 0.6 is 0 Å². The summed E-state index contributed by atoms with van der Waals surface area (Å²) in [6.45, 7) is 3.18. The number of nitrogen functional groups attached to an aromatic ring is 1. The van der Waals surface area contributed by atoms with Gasteiger partial charge in [0, 0.05) is 6.54 Å². The highest BCUT2D eigenvalue weighted by Gasteiger charge is 2.31. The maximum Gasteiger partial charge on any atom is 0.429 e. The van der Waals surface area contributed by atoms with E-state index in [4.69, 9.17) is 10.5 Å². The summed E-state index contributed by atoms with van der Waals surface area (Å²) < 4.78 is 31.2. The summed E-state index contributed by atoms with van der Waals surface area (Å²) >= 11 is 0. The zero-order chi connectivity index (χ0) is 17.0. The third-order valence-corrected chi connectivity index (χ3v) is 5.19. The van der Waals surface area contributed by atoms with Crippen LogP contribution in [-0.2, 0) is 10.0 Å². The summed E-state index contributed by atoms with van der Waals surface area (Å²) in [6, 6.07) is 12.9. The largest absolute Gasteiger partial charge is 0.429 e. The molecule has 7 heteroatoms. The molecule has 0 saturated carbocycles. The molecule has 122 valence electrons. The Morgan fingerprint density at radius 2 is 1.78 bits per heavy atom. The van der Waals surface area contributed by atoms with Crippen molar-refractivity contribution in [2.45, 2.75) is 18.7 Å². The van der Waals surface area contributed by atoms with E-state index in [2.05, 4.69) is 0 Å². The molecule has 2 rings (SSSR count). The van der Waals surface area contributed by atoms with E-state index in [0.29, 0.717) is 9.87 Å². The fourth-order valence-electron chi connectivity index (χ4n) is 2.03. The number of nitrogens with two attached hydrogens (primary N) is 1. The molecular weight excluding hydrogens is 316 g/mol. The van der Waals surface area contributed by atoms with Crippen molar-refractivity contribution >= 4 is 21.8 Å². The number of carbonyl (C=O) groups excluding carboxylic acids is 1. The lowest BCUT2D eigenvalue weighted by Crippen LogP contribution is -2.39. The molecule has 1 amide bonds. The minimum atomic E-state index is -4.09. The molecule has 0 aliphatic carbocycles. The zero-order valence-electron chi connectivity index (χ0n) is 12.9. The molecule has 2 aromatic carbocycles. The highest BCUT2D eigenvalue weighted by Crippen LogP contribution is 2.25. The van der Waals surface area contributed by atoms with Gasteiger partial charge in [0.05, 0.1) is 5.69 Å². The van der Waals surface area contributed by atoms with Crippen LogP contribution in [0.25, 0.3) is 0 Å². The van der Waals surface area contributed by atoms with E-state index in [-0.39, 0.29) is 22.9 Å². The summed E-state index contributed by atoms with van der Waals surface area (Å²) in [6.07, 6.45) is -0.973. The number of anilines is 1. The molecule has 0 radical (unpaired) electrons. The first-order valence-electron chi connectivity index (χ1n) is 7.02. The second-order valence-corrected chi connectivity index (χ2v) is 6.67.